The number of carbonyl (C=O) groups excluding carboxylic acids is 2. The molecule has 1 heterocycles. The first-order chi connectivity index (χ1) is 9.19. The minimum absolute atomic E-state index is 0.00401. The zero-order chi connectivity index (χ0) is 13.7. The maximum absolute atomic E-state index is 11.9. The zero-order valence-electron chi connectivity index (χ0n) is 10.7. The molecule has 0 atom stereocenters. The van der Waals surface area contributed by atoms with Crippen molar-refractivity contribution < 1.29 is 14.3 Å². The summed E-state index contributed by atoms with van der Waals surface area (Å²) in [6, 6.07) is 7.56. The third kappa shape index (κ3) is 3.89. The van der Waals surface area contributed by atoms with Crippen molar-refractivity contribution in [2.75, 3.05) is 32.5 Å². The minimum Gasteiger partial charge on any atom is -0.497 e. The van der Waals surface area contributed by atoms with Gasteiger partial charge in [0.05, 0.1) is 19.4 Å². The highest BCUT2D eigenvalue weighted by molar-refractivity contribution is 8.00. The predicted octanol–water partition coefficient (Wildman–Crippen LogP) is 0.746. The Bertz CT molecular complexity index is 461. The third-order valence-corrected chi connectivity index (χ3v) is 3.81. The largest absolute Gasteiger partial charge is 0.497 e. The van der Waals surface area contributed by atoms with E-state index in [1.54, 1.807) is 12.0 Å². The maximum atomic E-state index is 11.9. The van der Waals surface area contributed by atoms with E-state index < -0.39 is 0 Å². The summed E-state index contributed by atoms with van der Waals surface area (Å²) in [4.78, 5) is 25.7. The summed E-state index contributed by atoms with van der Waals surface area (Å²) in [6.07, 6.45) is 0. The lowest BCUT2D eigenvalue weighted by molar-refractivity contribution is -0.136. The van der Waals surface area contributed by atoms with Crippen LogP contribution in [0.25, 0.3) is 0 Å². The van der Waals surface area contributed by atoms with Crippen molar-refractivity contribution in [1.29, 1.82) is 0 Å². The van der Waals surface area contributed by atoms with Crippen LogP contribution in [0.4, 0.5) is 0 Å². The molecule has 19 heavy (non-hydrogen) atoms. The Labute approximate surface area is 116 Å². The average Bonchev–Trinajstić information content (AvgIpc) is 2.45. The monoisotopic (exact) mass is 280 g/mol. The van der Waals surface area contributed by atoms with Crippen molar-refractivity contribution in [1.82, 2.24) is 10.2 Å². The second-order valence-corrected chi connectivity index (χ2v) is 5.18. The number of ether oxygens (including phenoxy) is 1. The van der Waals surface area contributed by atoms with E-state index in [0.717, 1.165) is 10.6 Å². The molecule has 1 N–H and O–H groups in total. The fourth-order valence-corrected chi connectivity index (χ4v) is 2.56. The molecule has 0 bridgehead atoms. The van der Waals surface area contributed by atoms with Crippen LogP contribution in [0.1, 0.15) is 0 Å². The van der Waals surface area contributed by atoms with Gasteiger partial charge in [-0.15, -0.1) is 11.8 Å². The highest BCUT2D eigenvalue weighted by Gasteiger charge is 2.20. The fourth-order valence-electron chi connectivity index (χ4n) is 1.76. The predicted molar refractivity (Wildman–Crippen MR) is 73.3 cm³/mol. The van der Waals surface area contributed by atoms with Gasteiger partial charge in [-0.2, -0.15) is 0 Å². The standard InChI is InChI=1S/C13H16N2O3S/c1-18-10-2-4-11(5-3-10)19-9-13(17)15-7-6-14-12(16)8-15/h2-5H,6-9H2,1H3,(H,14,16). The van der Waals surface area contributed by atoms with Crippen molar-refractivity contribution in [2.45, 2.75) is 4.90 Å². The second-order valence-electron chi connectivity index (χ2n) is 4.13. The quantitative estimate of drug-likeness (QED) is 0.827. The van der Waals surface area contributed by atoms with Crippen molar-refractivity contribution >= 4 is 23.6 Å². The molecule has 1 aliphatic heterocycles. The average molecular weight is 280 g/mol. The molecule has 0 saturated carbocycles. The summed E-state index contributed by atoms with van der Waals surface area (Å²) in [7, 11) is 1.62. The summed E-state index contributed by atoms with van der Waals surface area (Å²) < 4.78 is 5.07. The highest BCUT2D eigenvalue weighted by Crippen LogP contribution is 2.21. The first-order valence-electron chi connectivity index (χ1n) is 6.00. The van der Waals surface area contributed by atoms with Crippen molar-refractivity contribution in [3.8, 4) is 5.75 Å². The lowest BCUT2D eigenvalue weighted by Gasteiger charge is -2.26. The number of rotatable bonds is 4. The molecule has 0 aliphatic carbocycles. The number of benzene rings is 1. The number of carbonyl (C=O) groups is 2. The van der Waals surface area contributed by atoms with Crippen molar-refractivity contribution in [2.24, 2.45) is 0 Å². The topological polar surface area (TPSA) is 58.6 Å². The SMILES string of the molecule is COc1ccc(SCC(=O)N2CCNC(=O)C2)cc1. The van der Waals surface area contributed by atoms with Crippen LogP contribution in [0.2, 0.25) is 0 Å². The Morgan fingerprint density at radius 3 is 2.79 bits per heavy atom. The smallest absolute Gasteiger partial charge is 0.239 e. The third-order valence-electron chi connectivity index (χ3n) is 2.81. The van der Waals surface area contributed by atoms with E-state index in [1.807, 2.05) is 24.3 Å². The normalized spacial score (nSPS) is 15.0. The van der Waals surface area contributed by atoms with Crippen LogP contribution in [0.3, 0.4) is 0 Å². The molecule has 2 rings (SSSR count). The van der Waals surface area contributed by atoms with E-state index in [1.165, 1.54) is 11.8 Å². The molecular weight excluding hydrogens is 264 g/mol. The van der Waals surface area contributed by atoms with Gasteiger partial charge in [0.25, 0.3) is 0 Å². The number of nitrogens with zero attached hydrogens (tertiary/aromatic N) is 1. The molecule has 0 unspecified atom stereocenters. The lowest BCUT2D eigenvalue weighted by atomic mass is 10.3. The van der Waals surface area contributed by atoms with Gasteiger partial charge in [0.2, 0.25) is 11.8 Å². The molecule has 0 radical (unpaired) electrons. The Hall–Kier alpha value is -1.69. The first-order valence-corrected chi connectivity index (χ1v) is 6.99. The number of methoxy groups -OCH3 is 1. The summed E-state index contributed by atoms with van der Waals surface area (Å²) in [6.45, 7) is 1.30. The molecule has 0 aromatic heterocycles. The van der Waals surface area contributed by atoms with Gasteiger partial charge >= 0.3 is 0 Å². The van der Waals surface area contributed by atoms with Crippen molar-refractivity contribution in [3.05, 3.63) is 24.3 Å². The Kier molecular flexibility index (Phi) is 4.68. The number of hydrogen-bond acceptors (Lipinski definition) is 4. The van der Waals surface area contributed by atoms with Gasteiger partial charge in [-0.05, 0) is 24.3 Å². The Morgan fingerprint density at radius 1 is 1.42 bits per heavy atom. The first kappa shape index (κ1) is 13.7. The number of thioether (sulfide) groups is 1. The van der Waals surface area contributed by atoms with Crippen LogP contribution in [-0.2, 0) is 9.59 Å². The number of piperazine rings is 1. The van der Waals surface area contributed by atoms with E-state index in [9.17, 15) is 9.59 Å². The summed E-state index contributed by atoms with van der Waals surface area (Å²) >= 11 is 1.46. The summed E-state index contributed by atoms with van der Waals surface area (Å²) in [5, 5.41) is 2.70. The molecule has 1 saturated heterocycles. The van der Waals surface area contributed by atoms with Gasteiger partial charge in [-0.25, -0.2) is 0 Å². The van der Waals surface area contributed by atoms with E-state index in [-0.39, 0.29) is 18.4 Å². The van der Waals surface area contributed by atoms with Gasteiger partial charge in [0.15, 0.2) is 0 Å². The number of hydrogen-bond donors (Lipinski definition) is 1. The molecule has 2 amide bonds. The molecule has 1 aromatic rings. The van der Waals surface area contributed by atoms with Crippen LogP contribution < -0.4 is 10.1 Å². The molecular formula is C13H16N2O3S. The number of amides is 2. The molecule has 5 nitrogen and oxygen atoms in total. The van der Waals surface area contributed by atoms with Crippen LogP contribution in [0.5, 0.6) is 5.75 Å². The van der Waals surface area contributed by atoms with Gasteiger partial charge in [0.1, 0.15) is 5.75 Å². The maximum Gasteiger partial charge on any atom is 0.239 e. The summed E-state index contributed by atoms with van der Waals surface area (Å²) in [5.74, 6) is 1.05. The van der Waals surface area contributed by atoms with Crippen molar-refractivity contribution in [3.63, 3.8) is 0 Å². The van der Waals surface area contributed by atoms with Crippen LogP contribution in [0.15, 0.2) is 29.2 Å². The molecule has 1 fully saturated rings. The van der Waals surface area contributed by atoms with Crippen LogP contribution in [0, 0.1) is 0 Å². The molecule has 102 valence electrons. The van der Waals surface area contributed by atoms with E-state index in [0.29, 0.717) is 18.8 Å². The molecule has 0 spiro atoms. The van der Waals surface area contributed by atoms with E-state index in [4.69, 9.17) is 4.74 Å². The second kappa shape index (κ2) is 6.47. The number of nitrogens with one attached hydrogen (secondary N) is 1. The molecule has 1 aliphatic rings. The highest BCUT2D eigenvalue weighted by atomic mass is 32.2. The minimum atomic E-state index is -0.0888. The lowest BCUT2D eigenvalue weighted by Crippen LogP contribution is -2.50. The summed E-state index contributed by atoms with van der Waals surface area (Å²) in [5.41, 5.74) is 0. The van der Waals surface area contributed by atoms with Gasteiger partial charge in [-0.3, -0.25) is 9.59 Å². The fraction of sp³-hybridized carbons (Fsp3) is 0.385. The van der Waals surface area contributed by atoms with Gasteiger partial charge in [0, 0.05) is 18.0 Å². The van der Waals surface area contributed by atoms with Gasteiger partial charge < -0.3 is 15.0 Å². The molecule has 6 heteroatoms. The van der Waals surface area contributed by atoms with E-state index in [2.05, 4.69) is 5.32 Å². The Morgan fingerprint density at radius 2 is 2.16 bits per heavy atom. The van der Waals surface area contributed by atoms with Crippen LogP contribution >= 0.6 is 11.8 Å². The van der Waals surface area contributed by atoms with E-state index >= 15 is 0 Å². The van der Waals surface area contributed by atoms with Crippen LogP contribution in [-0.4, -0.2) is 49.2 Å². The Balaban J connectivity index is 1.83. The zero-order valence-corrected chi connectivity index (χ0v) is 11.5. The molecule has 1 aromatic carbocycles. The van der Waals surface area contributed by atoms with Gasteiger partial charge in [-0.1, -0.05) is 0 Å².